The predicted molar refractivity (Wildman–Crippen MR) is 64.4 cm³/mol. The van der Waals surface area contributed by atoms with Gasteiger partial charge in [-0.1, -0.05) is 13.8 Å². The average Bonchev–Trinajstić information content (AvgIpc) is 2.20. The molecule has 94 valence electrons. The van der Waals surface area contributed by atoms with E-state index in [1.807, 2.05) is 11.8 Å². The normalized spacial score (nSPS) is 25.9. The Morgan fingerprint density at radius 3 is 2.81 bits per heavy atom. The number of piperazine rings is 1. The van der Waals surface area contributed by atoms with E-state index < -0.39 is 0 Å². The molecule has 1 saturated heterocycles. The average molecular weight is 228 g/mol. The molecule has 4 nitrogen and oxygen atoms in total. The Morgan fingerprint density at radius 2 is 2.25 bits per heavy atom. The van der Waals surface area contributed by atoms with Gasteiger partial charge in [0.1, 0.15) is 0 Å². The van der Waals surface area contributed by atoms with Crippen molar-refractivity contribution in [2.45, 2.75) is 46.2 Å². The van der Waals surface area contributed by atoms with Gasteiger partial charge in [0, 0.05) is 25.2 Å². The zero-order chi connectivity index (χ0) is 12.1. The fourth-order valence-corrected chi connectivity index (χ4v) is 2.12. The first-order valence-corrected chi connectivity index (χ1v) is 6.21. The molecular weight excluding hydrogens is 204 g/mol. The lowest BCUT2D eigenvalue weighted by molar-refractivity contribution is 0.0730. The number of carbonyl (C=O) groups is 1. The molecule has 1 fully saturated rings. The number of rotatable bonds is 3. The molecule has 1 aliphatic rings. The quantitative estimate of drug-likeness (QED) is 0.801. The van der Waals surface area contributed by atoms with Crippen molar-refractivity contribution in [1.29, 1.82) is 0 Å². The maximum atomic E-state index is 11.7. The van der Waals surface area contributed by atoms with E-state index in [4.69, 9.17) is 4.74 Å². The van der Waals surface area contributed by atoms with E-state index in [0.717, 1.165) is 19.5 Å². The van der Waals surface area contributed by atoms with Gasteiger partial charge < -0.3 is 15.0 Å². The SMILES string of the molecule is CCOC(=O)N1CC(CC(C)C)NCC1C. The van der Waals surface area contributed by atoms with Crippen molar-refractivity contribution in [3.8, 4) is 0 Å². The predicted octanol–water partition coefficient (Wildman–Crippen LogP) is 1.85. The highest BCUT2D eigenvalue weighted by atomic mass is 16.6. The number of nitrogens with zero attached hydrogens (tertiary/aromatic N) is 1. The molecular formula is C12H24N2O2. The number of hydrogen-bond donors (Lipinski definition) is 1. The van der Waals surface area contributed by atoms with Crippen molar-refractivity contribution in [3.05, 3.63) is 0 Å². The van der Waals surface area contributed by atoms with Crippen molar-refractivity contribution < 1.29 is 9.53 Å². The van der Waals surface area contributed by atoms with E-state index in [1.165, 1.54) is 0 Å². The second-order valence-electron chi connectivity index (χ2n) is 4.94. The second kappa shape index (κ2) is 6.09. The van der Waals surface area contributed by atoms with Gasteiger partial charge in [-0.25, -0.2) is 4.79 Å². The van der Waals surface area contributed by atoms with Gasteiger partial charge in [-0.3, -0.25) is 0 Å². The van der Waals surface area contributed by atoms with Crippen molar-refractivity contribution in [2.75, 3.05) is 19.7 Å². The summed E-state index contributed by atoms with van der Waals surface area (Å²) in [5, 5.41) is 3.48. The molecule has 1 rings (SSSR count). The third-order valence-corrected chi connectivity index (χ3v) is 2.91. The highest BCUT2D eigenvalue weighted by Crippen LogP contribution is 2.14. The minimum atomic E-state index is -0.176. The van der Waals surface area contributed by atoms with Gasteiger partial charge in [0.2, 0.25) is 0 Å². The number of amides is 1. The van der Waals surface area contributed by atoms with Gasteiger partial charge in [-0.05, 0) is 26.2 Å². The van der Waals surface area contributed by atoms with E-state index in [2.05, 4.69) is 26.1 Å². The molecule has 0 saturated carbocycles. The van der Waals surface area contributed by atoms with E-state index in [0.29, 0.717) is 18.6 Å². The van der Waals surface area contributed by atoms with Crippen LogP contribution in [0.2, 0.25) is 0 Å². The Morgan fingerprint density at radius 1 is 1.56 bits per heavy atom. The van der Waals surface area contributed by atoms with E-state index in [-0.39, 0.29) is 12.1 Å². The number of carbonyl (C=O) groups excluding carboxylic acids is 1. The molecule has 2 unspecified atom stereocenters. The Balaban J connectivity index is 2.51. The summed E-state index contributed by atoms with van der Waals surface area (Å²) in [5.74, 6) is 0.648. The highest BCUT2D eigenvalue weighted by Gasteiger charge is 2.29. The molecule has 0 radical (unpaired) electrons. The molecule has 0 aliphatic carbocycles. The van der Waals surface area contributed by atoms with Gasteiger partial charge >= 0.3 is 6.09 Å². The van der Waals surface area contributed by atoms with Crippen LogP contribution in [0.25, 0.3) is 0 Å². The van der Waals surface area contributed by atoms with Crippen LogP contribution in [0.4, 0.5) is 4.79 Å². The summed E-state index contributed by atoms with van der Waals surface area (Å²) in [6.45, 7) is 10.4. The van der Waals surface area contributed by atoms with Crippen molar-refractivity contribution in [2.24, 2.45) is 5.92 Å². The van der Waals surface area contributed by atoms with Crippen LogP contribution in [0, 0.1) is 5.92 Å². The molecule has 1 amide bonds. The maximum Gasteiger partial charge on any atom is 0.410 e. The monoisotopic (exact) mass is 228 g/mol. The summed E-state index contributed by atoms with van der Waals surface area (Å²) in [4.78, 5) is 13.6. The topological polar surface area (TPSA) is 41.6 Å². The van der Waals surface area contributed by atoms with Crippen LogP contribution < -0.4 is 5.32 Å². The molecule has 0 aromatic heterocycles. The van der Waals surface area contributed by atoms with Gasteiger partial charge in [0.25, 0.3) is 0 Å². The lowest BCUT2D eigenvalue weighted by Gasteiger charge is -2.38. The maximum absolute atomic E-state index is 11.7. The van der Waals surface area contributed by atoms with Crippen molar-refractivity contribution >= 4 is 6.09 Å². The zero-order valence-electron chi connectivity index (χ0n) is 10.8. The van der Waals surface area contributed by atoms with Crippen LogP contribution in [-0.2, 0) is 4.74 Å². The molecule has 1 heterocycles. The second-order valence-corrected chi connectivity index (χ2v) is 4.94. The molecule has 1 N–H and O–H groups in total. The summed E-state index contributed by atoms with van der Waals surface area (Å²) in [6.07, 6.45) is 0.924. The van der Waals surface area contributed by atoms with Crippen LogP contribution in [0.3, 0.4) is 0 Å². The molecule has 0 spiro atoms. The van der Waals surface area contributed by atoms with Crippen LogP contribution in [0.15, 0.2) is 0 Å². The Bertz CT molecular complexity index is 231. The van der Waals surface area contributed by atoms with Crippen LogP contribution >= 0.6 is 0 Å². The number of hydrogen-bond acceptors (Lipinski definition) is 3. The van der Waals surface area contributed by atoms with Gasteiger partial charge in [0.15, 0.2) is 0 Å². The standard InChI is InChI=1S/C12H24N2O2/c1-5-16-12(15)14-8-11(6-9(2)3)13-7-10(14)4/h9-11,13H,5-8H2,1-4H3. The number of nitrogens with one attached hydrogen (secondary N) is 1. The Kier molecular flexibility index (Phi) is 5.06. The minimum Gasteiger partial charge on any atom is -0.450 e. The van der Waals surface area contributed by atoms with E-state index >= 15 is 0 Å². The largest absolute Gasteiger partial charge is 0.450 e. The smallest absolute Gasteiger partial charge is 0.410 e. The first-order chi connectivity index (χ1) is 7.54. The van der Waals surface area contributed by atoms with Crippen LogP contribution in [0.5, 0.6) is 0 Å². The number of ether oxygens (including phenoxy) is 1. The molecule has 0 aromatic carbocycles. The van der Waals surface area contributed by atoms with Crippen LogP contribution in [-0.4, -0.2) is 42.8 Å². The van der Waals surface area contributed by atoms with Gasteiger partial charge in [0.05, 0.1) is 6.61 Å². The Hall–Kier alpha value is -0.770. The molecule has 2 atom stereocenters. The molecule has 0 bridgehead atoms. The lowest BCUT2D eigenvalue weighted by Crippen LogP contribution is -2.57. The highest BCUT2D eigenvalue weighted by molar-refractivity contribution is 5.68. The fourth-order valence-electron chi connectivity index (χ4n) is 2.12. The third kappa shape index (κ3) is 3.67. The molecule has 4 heteroatoms. The van der Waals surface area contributed by atoms with E-state index in [1.54, 1.807) is 0 Å². The lowest BCUT2D eigenvalue weighted by atomic mass is 10.0. The summed E-state index contributed by atoms with van der Waals surface area (Å²) >= 11 is 0. The van der Waals surface area contributed by atoms with Crippen LogP contribution in [0.1, 0.15) is 34.1 Å². The van der Waals surface area contributed by atoms with Gasteiger partial charge in [-0.2, -0.15) is 0 Å². The fraction of sp³-hybridized carbons (Fsp3) is 0.917. The minimum absolute atomic E-state index is 0.176. The van der Waals surface area contributed by atoms with Crippen molar-refractivity contribution in [3.63, 3.8) is 0 Å². The van der Waals surface area contributed by atoms with E-state index in [9.17, 15) is 4.79 Å². The molecule has 16 heavy (non-hydrogen) atoms. The molecule has 1 aliphatic heterocycles. The zero-order valence-corrected chi connectivity index (χ0v) is 10.8. The van der Waals surface area contributed by atoms with Crippen molar-refractivity contribution in [1.82, 2.24) is 10.2 Å². The van der Waals surface area contributed by atoms with Gasteiger partial charge in [-0.15, -0.1) is 0 Å². The summed E-state index contributed by atoms with van der Waals surface area (Å²) in [7, 11) is 0. The summed E-state index contributed by atoms with van der Waals surface area (Å²) in [5.41, 5.74) is 0. The first kappa shape index (κ1) is 13.3. The third-order valence-electron chi connectivity index (χ3n) is 2.91. The molecule has 0 aromatic rings. The summed E-state index contributed by atoms with van der Waals surface area (Å²) in [6, 6.07) is 0.628. The Labute approximate surface area is 98.3 Å². The first-order valence-electron chi connectivity index (χ1n) is 6.21. The summed E-state index contributed by atoms with van der Waals surface area (Å²) < 4.78 is 5.06.